The third-order valence-corrected chi connectivity index (χ3v) is 5.53. The molecule has 1 aromatic rings. The SMILES string of the molecule is CN=C(NCC1(c2ccccc2)CCC1)NC1CCN(CC(F)(F)F)C1. The maximum absolute atomic E-state index is 12.5. The van der Waals surface area contributed by atoms with Crippen LogP contribution in [-0.4, -0.2) is 56.3 Å². The number of hydrogen-bond acceptors (Lipinski definition) is 2. The molecule has 2 fully saturated rings. The summed E-state index contributed by atoms with van der Waals surface area (Å²) >= 11 is 0. The molecule has 1 aromatic carbocycles. The molecule has 1 unspecified atom stereocenters. The molecule has 0 radical (unpaired) electrons. The van der Waals surface area contributed by atoms with Crippen molar-refractivity contribution in [2.75, 3.05) is 33.2 Å². The molecule has 26 heavy (non-hydrogen) atoms. The van der Waals surface area contributed by atoms with E-state index >= 15 is 0 Å². The van der Waals surface area contributed by atoms with E-state index in [2.05, 4.69) is 39.9 Å². The predicted molar refractivity (Wildman–Crippen MR) is 97.4 cm³/mol. The zero-order chi connectivity index (χ0) is 18.6. The number of halogens is 3. The standard InChI is InChI=1S/C19H27F3N4/c1-23-17(25-16-8-11-26(12-16)14-19(20,21)22)24-13-18(9-5-10-18)15-6-3-2-4-7-15/h2-4,6-7,16H,5,8-14H2,1H3,(H2,23,24,25). The molecule has 2 N–H and O–H groups in total. The Morgan fingerprint density at radius 3 is 2.58 bits per heavy atom. The molecular formula is C19H27F3N4. The molecule has 3 rings (SSSR count). The van der Waals surface area contributed by atoms with E-state index in [1.165, 1.54) is 16.9 Å². The van der Waals surface area contributed by atoms with Crippen molar-refractivity contribution in [1.82, 2.24) is 15.5 Å². The van der Waals surface area contributed by atoms with Gasteiger partial charge in [0, 0.05) is 38.1 Å². The Kier molecular flexibility index (Phi) is 5.75. The van der Waals surface area contributed by atoms with Crippen molar-refractivity contribution in [1.29, 1.82) is 0 Å². The van der Waals surface area contributed by atoms with Gasteiger partial charge in [-0.1, -0.05) is 36.8 Å². The molecule has 1 saturated carbocycles. The minimum atomic E-state index is -4.14. The van der Waals surface area contributed by atoms with E-state index < -0.39 is 12.7 Å². The maximum Gasteiger partial charge on any atom is 0.401 e. The van der Waals surface area contributed by atoms with Gasteiger partial charge in [0.1, 0.15) is 0 Å². The van der Waals surface area contributed by atoms with Gasteiger partial charge in [0.15, 0.2) is 5.96 Å². The molecule has 0 bridgehead atoms. The normalized spacial score (nSPS) is 23.5. The Morgan fingerprint density at radius 1 is 1.27 bits per heavy atom. The molecule has 1 aliphatic heterocycles. The lowest BCUT2D eigenvalue weighted by Gasteiger charge is -2.43. The summed E-state index contributed by atoms with van der Waals surface area (Å²) < 4.78 is 37.6. The van der Waals surface area contributed by atoms with Gasteiger partial charge in [-0.05, 0) is 24.8 Å². The highest BCUT2D eigenvalue weighted by Crippen LogP contribution is 2.43. The van der Waals surface area contributed by atoms with Gasteiger partial charge < -0.3 is 10.6 Å². The second-order valence-electron chi connectivity index (χ2n) is 7.41. The molecule has 1 heterocycles. The zero-order valence-corrected chi connectivity index (χ0v) is 15.1. The first-order valence-corrected chi connectivity index (χ1v) is 9.22. The van der Waals surface area contributed by atoms with Crippen molar-refractivity contribution < 1.29 is 13.2 Å². The van der Waals surface area contributed by atoms with Crippen LogP contribution in [-0.2, 0) is 5.41 Å². The first-order chi connectivity index (χ1) is 12.4. The Hall–Kier alpha value is -1.76. The Bertz CT molecular complexity index is 611. The summed E-state index contributed by atoms with van der Waals surface area (Å²) in [4.78, 5) is 5.71. The number of guanidine groups is 1. The van der Waals surface area contributed by atoms with Crippen molar-refractivity contribution >= 4 is 5.96 Å². The fourth-order valence-corrected chi connectivity index (χ4v) is 3.95. The Morgan fingerprint density at radius 2 is 2.00 bits per heavy atom. The monoisotopic (exact) mass is 368 g/mol. The van der Waals surface area contributed by atoms with E-state index in [0.29, 0.717) is 25.5 Å². The van der Waals surface area contributed by atoms with Crippen LogP contribution in [0.2, 0.25) is 0 Å². The molecule has 2 aliphatic rings. The first kappa shape index (κ1) is 19.0. The number of likely N-dealkylation sites (tertiary alicyclic amines) is 1. The molecule has 7 heteroatoms. The van der Waals surface area contributed by atoms with Crippen molar-refractivity contribution in [3.05, 3.63) is 35.9 Å². The fourth-order valence-electron chi connectivity index (χ4n) is 3.95. The molecule has 4 nitrogen and oxygen atoms in total. The largest absolute Gasteiger partial charge is 0.401 e. The second-order valence-corrected chi connectivity index (χ2v) is 7.41. The lowest BCUT2D eigenvalue weighted by Crippen LogP contribution is -2.51. The number of rotatable bonds is 5. The molecule has 144 valence electrons. The summed E-state index contributed by atoms with van der Waals surface area (Å²) in [6.07, 6.45) is 0.0624. The maximum atomic E-state index is 12.5. The smallest absolute Gasteiger partial charge is 0.356 e. The minimum Gasteiger partial charge on any atom is -0.356 e. The van der Waals surface area contributed by atoms with Gasteiger partial charge in [0.05, 0.1) is 6.54 Å². The summed E-state index contributed by atoms with van der Waals surface area (Å²) in [5.41, 5.74) is 1.48. The molecule has 0 aromatic heterocycles. The second kappa shape index (κ2) is 7.86. The molecular weight excluding hydrogens is 341 g/mol. The van der Waals surface area contributed by atoms with E-state index in [4.69, 9.17) is 0 Å². The fraction of sp³-hybridized carbons (Fsp3) is 0.632. The Balaban J connectivity index is 1.51. The highest BCUT2D eigenvalue weighted by atomic mass is 19.4. The molecule has 1 atom stereocenters. The van der Waals surface area contributed by atoms with Crippen molar-refractivity contribution in [3.63, 3.8) is 0 Å². The Labute approximate surface area is 152 Å². The van der Waals surface area contributed by atoms with Gasteiger partial charge in [-0.25, -0.2) is 0 Å². The van der Waals surface area contributed by atoms with Crippen LogP contribution in [0.3, 0.4) is 0 Å². The van der Waals surface area contributed by atoms with Gasteiger partial charge in [0.2, 0.25) is 0 Å². The number of hydrogen-bond donors (Lipinski definition) is 2. The van der Waals surface area contributed by atoms with Crippen molar-refractivity contribution in [2.24, 2.45) is 4.99 Å². The number of nitrogens with one attached hydrogen (secondary N) is 2. The third kappa shape index (κ3) is 4.69. The van der Waals surface area contributed by atoms with Crippen molar-refractivity contribution in [3.8, 4) is 0 Å². The van der Waals surface area contributed by atoms with Crippen LogP contribution in [0.25, 0.3) is 0 Å². The summed E-state index contributed by atoms with van der Waals surface area (Å²) in [5, 5.41) is 6.68. The number of nitrogens with zero attached hydrogens (tertiary/aromatic N) is 2. The van der Waals surface area contributed by atoms with E-state index in [1.54, 1.807) is 7.05 Å². The van der Waals surface area contributed by atoms with E-state index in [-0.39, 0.29) is 11.5 Å². The molecule has 1 saturated heterocycles. The lowest BCUT2D eigenvalue weighted by molar-refractivity contribution is -0.143. The van der Waals surface area contributed by atoms with Crippen LogP contribution < -0.4 is 10.6 Å². The molecule has 0 spiro atoms. The quantitative estimate of drug-likeness (QED) is 0.620. The topological polar surface area (TPSA) is 39.7 Å². The summed E-state index contributed by atoms with van der Waals surface area (Å²) in [6, 6.07) is 10.5. The van der Waals surface area contributed by atoms with E-state index in [9.17, 15) is 13.2 Å². The number of benzene rings is 1. The average Bonchev–Trinajstić information content (AvgIpc) is 2.98. The summed E-state index contributed by atoms with van der Waals surface area (Å²) in [5.74, 6) is 0.672. The predicted octanol–water partition coefficient (Wildman–Crippen LogP) is 2.91. The van der Waals surface area contributed by atoms with Gasteiger partial charge >= 0.3 is 6.18 Å². The van der Waals surface area contributed by atoms with Gasteiger partial charge in [-0.15, -0.1) is 0 Å². The van der Waals surface area contributed by atoms with Gasteiger partial charge in [-0.2, -0.15) is 13.2 Å². The van der Waals surface area contributed by atoms with Crippen LogP contribution >= 0.6 is 0 Å². The zero-order valence-electron chi connectivity index (χ0n) is 15.1. The lowest BCUT2D eigenvalue weighted by atomic mass is 9.64. The minimum absolute atomic E-state index is 0.00221. The van der Waals surface area contributed by atoms with Crippen molar-refractivity contribution in [2.45, 2.75) is 43.3 Å². The summed E-state index contributed by atoms with van der Waals surface area (Å²) in [6.45, 7) is 0.802. The van der Waals surface area contributed by atoms with Gasteiger partial charge in [0.25, 0.3) is 0 Å². The molecule has 1 aliphatic carbocycles. The third-order valence-electron chi connectivity index (χ3n) is 5.53. The van der Waals surface area contributed by atoms with Crippen LogP contribution in [0, 0.1) is 0 Å². The molecule has 0 amide bonds. The number of alkyl halides is 3. The first-order valence-electron chi connectivity index (χ1n) is 9.22. The number of aliphatic imine (C=N–C) groups is 1. The van der Waals surface area contributed by atoms with Crippen LogP contribution in [0.5, 0.6) is 0 Å². The van der Waals surface area contributed by atoms with Crippen LogP contribution in [0.15, 0.2) is 35.3 Å². The summed E-state index contributed by atoms with van der Waals surface area (Å²) in [7, 11) is 1.70. The van der Waals surface area contributed by atoms with Gasteiger partial charge in [-0.3, -0.25) is 9.89 Å². The van der Waals surface area contributed by atoms with E-state index in [1.807, 2.05) is 6.07 Å². The van der Waals surface area contributed by atoms with Crippen LogP contribution in [0.4, 0.5) is 13.2 Å². The van der Waals surface area contributed by atoms with Crippen LogP contribution in [0.1, 0.15) is 31.2 Å². The highest BCUT2D eigenvalue weighted by molar-refractivity contribution is 5.80. The average molecular weight is 368 g/mol. The van der Waals surface area contributed by atoms with E-state index in [0.717, 1.165) is 19.4 Å². The highest BCUT2D eigenvalue weighted by Gasteiger charge is 2.39.